The van der Waals surface area contributed by atoms with Crippen LogP contribution in [0.5, 0.6) is 0 Å². The minimum Gasteiger partial charge on any atom is -0.316 e. The third-order valence-corrected chi connectivity index (χ3v) is 3.60. The second kappa shape index (κ2) is 7.67. The molecule has 0 aliphatic rings. The fourth-order valence-electron chi connectivity index (χ4n) is 1.58. The van der Waals surface area contributed by atoms with Gasteiger partial charge < -0.3 is 5.32 Å². The number of unbranched alkanes of at least 4 members (excludes halogenated alkanes) is 2. The lowest BCUT2D eigenvalue weighted by molar-refractivity contribution is 0.535. The highest BCUT2D eigenvalue weighted by Gasteiger charge is 2.11. The van der Waals surface area contributed by atoms with Crippen LogP contribution in [0, 0.1) is 11.6 Å². The van der Waals surface area contributed by atoms with Gasteiger partial charge in [0.1, 0.15) is 11.6 Å². The third kappa shape index (κ3) is 4.64. The van der Waals surface area contributed by atoms with Crippen molar-refractivity contribution in [1.82, 2.24) is 5.32 Å². The highest BCUT2D eigenvalue weighted by Crippen LogP contribution is 2.27. The molecule has 0 saturated heterocycles. The Morgan fingerprint density at radius 3 is 2.35 bits per heavy atom. The zero-order valence-corrected chi connectivity index (χ0v) is 11.2. The van der Waals surface area contributed by atoms with E-state index in [4.69, 9.17) is 0 Å². The van der Waals surface area contributed by atoms with Crippen LogP contribution in [-0.2, 0) is 6.54 Å². The van der Waals surface area contributed by atoms with Crippen molar-refractivity contribution in [3.8, 4) is 0 Å². The Bertz CT molecular complexity index is 332. The third-order valence-electron chi connectivity index (χ3n) is 2.43. The van der Waals surface area contributed by atoms with E-state index in [1.807, 2.05) is 0 Å². The molecule has 0 amide bonds. The van der Waals surface area contributed by atoms with Crippen LogP contribution in [0.15, 0.2) is 17.0 Å². The predicted octanol–water partition coefficient (Wildman–Crippen LogP) is 3.97. The van der Waals surface area contributed by atoms with E-state index in [0.29, 0.717) is 12.1 Å². The van der Waals surface area contributed by atoms with Crippen LogP contribution in [-0.4, -0.2) is 12.8 Å². The summed E-state index contributed by atoms with van der Waals surface area (Å²) in [4.78, 5) is 0.154. The Balaban J connectivity index is 2.65. The minimum absolute atomic E-state index is 0.154. The molecule has 0 spiro atoms. The molecular formula is C13H19F2NS. The smallest absolute Gasteiger partial charge is 0.140 e. The topological polar surface area (TPSA) is 12.0 Å². The normalized spacial score (nSPS) is 10.8. The summed E-state index contributed by atoms with van der Waals surface area (Å²) in [6.45, 7) is 2.59. The van der Waals surface area contributed by atoms with Crippen LogP contribution in [0.25, 0.3) is 0 Å². The Hall–Kier alpha value is -0.610. The standard InChI is InChI=1S/C13H19F2NS/c1-3-4-5-6-17-13-11(14)7-10(9-16-2)8-12(13)15/h7-8,16H,3-6,9H2,1-2H3. The molecule has 0 aliphatic carbocycles. The van der Waals surface area contributed by atoms with Gasteiger partial charge in [0.25, 0.3) is 0 Å². The molecule has 4 heteroatoms. The lowest BCUT2D eigenvalue weighted by Crippen LogP contribution is -2.06. The summed E-state index contributed by atoms with van der Waals surface area (Å²) in [7, 11) is 1.75. The highest BCUT2D eigenvalue weighted by atomic mass is 32.2. The first-order valence-corrected chi connectivity index (χ1v) is 6.93. The number of halogens is 2. The summed E-state index contributed by atoms with van der Waals surface area (Å²) in [5, 5.41) is 2.88. The highest BCUT2D eigenvalue weighted by molar-refractivity contribution is 7.99. The van der Waals surface area contributed by atoms with Gasteiger partial charge in [0.2, 0.25) is 0 Å². The Morgan fingerprint density at radius 2 is 1.82 bits per heavy atom. The van der Waals surface area contributed by atoms with Crippen LogP contribution in [0.2, 0.25) is 0 Å². The average molecular weight is 259 g/mol. The summed E-state index contributed by atoms with van der Waals surface area (Å²) in [6, 6.07) is 2.81. The SMILES string of the molecule is CCCCCSc1c(F)cc(CNC)cc1F. The fourth-order valence-corrected chi connectivity index (χ4v) is 2.53. The molecule has 0 aliphatic heterocycles. The van der Waals surface area contributed by atoms with Crippen LogP contribution in [0.4, 0.5) is 8.78 Å². The molecule has 1 nitrogen and oxygen atoms in total. The molecule has 1 aromatic carbocycles. The van der Waals surface area contributed by atoms with E-state index in [-0.39, 0.29) is 4.90 Å². The van der Waals surface area contributed by atoms with Gasteiger partial charge in [-0.15, -0.1) is 11.8 Å². The molecule has 0 unspecified atom stereocenters. The van der Waals surface area contributed by atoms with Gasteiger partial charge in [-0.25, -0.2) is 8.78 Å². The predicted molar refractivity (Wildman–Crippen MR) is 69.4 cm³/mol. The summed E-state index contributed by atoms with van der Waals surface area (Å²) in [6.07, 6.45) is 3.22. The van der Waals surface area contributed by atoms with Crippen molar-refractivity contribution in [2.24, 2.45) is 0 Å². The molecule has 17 heavy (non-hydrogen) atoms. The lowest BCUT2D eigenvalue weighted by Gasteiger charge is -2.07. The van der Waals surface area contributed by atoms with Crippen molar-refractivity contribution in [1.29, 1.82) is 0 Å². The minimum atomic E-state index is -0.447. The molecule has 0 fully saturated rings. The van der Waals surface area contributed by atoms with Crippen molar-refractivity contribution in [2.75, 3.05) is 12.8 Å². The van der Waals surface area contributed by atoms with Crippen LogP contribution in [0.3, 0.4) is 0 Å². The molecule has 0 radical (unpaired) electrons. The molecule has 0 bridgehead atoms. The van der Waals surface area contributed by atoms with E-state index < -0.39 is 11.6 Å². The summed E-state index contributed by atoms with van der Waals surface area (Å²) >= 11 is 1.27. The second-order valence-electron chi connectivity index (χ2n) is 3.97. The number of hydrogen-bond acceptors (Lipinski definition) is 2. The Labute approximate surface area is 106 Å². The van der Waals surface area contributed by atoms with Crippen LogP contribution < -0.4 is 5.32 Å². The summed E-state index contributed by atoms with van der Waals surface area (Å²) < 4.78 is 27.3. The second-order valence-corrected chi connectivity index (χ2v) is 5.08. The van der Waals surface area contributed by atoms with Gasteiger partial charge in [0, 0.05) is 6.54 Å². The van der Waals surface area contributed by atoms with Gasteiger partial charge in [-0.1, -0.05) is 19.8 Å². The maximum atomic E-state index is 13.7. The van der Waals surface area contributed by atoms with Crippen LogP contribution >= 0.6 is 11.8 Å². The molecule has 0 atom stereocenters. The Morgan fingerprint density at radius 1 is 1.18 bits per heavy atom. The van der Waals surface area contributed by atoms with Crippen molar-refractivity contribution in [2.45, 2.75) is 37.6 Å². The zero-order valence-electron chi connectivity index (χ0n) is 10.4. The van der Waals surface area contributed by atoms with E-state index in [1.54, 1.807) is 7.05 Å². The van der Waals surface area contributed by atoms with Gasteiger partial charge in [-0.05, 0) is 36.9 Å². The molecule has 1 rings (SSSR count). The summed E-state index contributed by atoms with van der Waals surface area (Å²) in [5.74, 6) is -0.124. The van der Waals surface area contributed by atoms with E-state index in [2.05, 4.69) is 12.2 Å². The number of rotatable bonds is 7. The monoisotopic (exact) mass is 259 g/mol. The molecule has 96 valence electrons. The molecule has 0 saturated carbocycles. The van der Waals surface area contributed by atoms with Crippen molar-refractivity contribution in [3.05, 3.63) is 29.3 Å². The first-order valence-electron chi connectivity index (χ1n) is 5.94. The summed E-state index contributed by atoms with van der Waals surface area (Å²) in [5.41, 5.74) is 0.639. The number of hydrogen-bond donors (Lipinski definition) is 1. The molecule has 0 aromatic heterocycles. The Kier molecular flexibility index (Phi) is 6.52. The lowest BCUT2D eigenvalue weighted by atomic mass is 10.2. The maximum absolute atomic E-state index is 13.7. The quantitative estimate of drug-likeness (QED) is 0.587. The van der Waals surface area contributed by atoms with Gasteiger partial charge in [-0.2, -0.15) is 0 Å². The number of thioether (sulfide) groups is 1. The van der Waals surface area contributed by atoms with Crippen LogP contribution in [0.1, 0.15) is 31.7 Å². The number of benzene rings is 1. The molecular weight excluding hydrogens is 240 g/mol. The van der Waals surface area contributed by atoms with E-state index in [0.717, 1.165) is 25.0 Å². The first kappa shape index (κ1) is 14.5. The molecule has 1 N–H and O–H groups in total. The van der Waals surface area contributed by atoms with Gasteiger partial charge in [0.15, 0.2) is 0 Å². The van der Waals surface area contributed by atoms with E-state index in [9.17, 15) is 8.78 Å². The van der Waals surface area contributed by atoms with Gasteiger partial charge in [-0.3, -0.25) is 0 Å². The fraction of sp³-hybridized carbons (Fsp3) is 0.538. The maximum Gasteiger partial charge on any atom is 0.140 e. The van der Waals surface area contributed by atoms with Crippen molar-refractivity contribution in [3.63, 3.8) is 0 Å². The largest absolute Gasteiger partial charge is 0.316 e. The first-order chi connectivity index (χ1) is 8.19. The van der Waals surface area contributed by atoms with Gasteiger partial charge >= 0.3 is 0 Å². The van der Waals surface area contributed by atoms with E-state index in [1.165, 1.54) is 23.9 Å². The molecule has 1 aromatic rings. The molecule has 0 heterocycles. The zero-order chi connectivity index (χ0) is 12.7. The van der Waals surface area contributed by atoms with Gasteiger partial charge in [0.05, 0.1) is 4.90 Å². The average Bonchev–Trinajstić information content (AvgIpc) is 2.27. The van der Waals surface area contributed by atoms with Crippen molar-refractivity contribution >= 4 is 11.8 Å². The number of nitrogens with one attached hydrogen (secondary N) is 1. The van der Waals surface area contributed by atoms with E-state index >= 15 is 0 Å². The van der Waals surface area contributed by atoms with Crippen molar-refractivity contribution < 1.29 is 8.78 Å².